The van der Waals surface area contributed by atoms with Crippen LogP contribution in [0.1, 0.15) is 36.8 Å². The Balaban J connectivity index is 1.22. The van der Waals surface area contributed by atoms with Gasteiger partial charge < -0.3 is 10.1 Å². The van der Waals surface area contributed by atoms with Crippen LogP contribution in [0.2, 0.25) is 0 Å². The quantitative estimate of drug-likeness (QED) is 0.388. The van der Waals surface area contributed by atoms with Crippen molar-refractivity contribution in [2.24, 2.45) is 7.05 Å². The molecule has 0 aliphatic carbocycles. The minimum Gasteiger partial charge on any atom is -0.494 e. The van der Waals surface area contributed by atoms with E-state index in [9.17, 15) is 8.42 Å². The summed E-state index contributed by atoms with van der Waals surface area (Å²) in [5.74, 6) is 1.39. The zero-order chi connectivity index (χ0) is 24.7. The Morgan fingerprint density at radius 2 is 1.83 bits per heavy atom. The van der Waals surface area contributed by atoms with E-state index in [1.165, 1.54) is 42.6 Å². The third kappa shape index (κ3) is 7.19. The molecule has 0 saturated carbocycles. The van der Waals surface area contributed by atoms with Crippen LogP contribution in [0.4, 0.5) is 11.9 Å². The highest BCUT2D eigenvalue weighted by Crippen LogP contribution is 2.18. The van der Waals surface area contributed by atoms with E-state index in [1.807, 2.05) is 19.1 Å². The molecule has 188 valence electrons. The van der Waals surface area contributed by atoms with Crippen LogP contribution in [-0.2, 0) is 23.6 Å². The summed E-state index contributed by atoms with van der Waals surface area (Å²) in [6, 6.07) is 14.9. The number of hydrogen-bond acceptors (Lipinski definition) is 7. The Bertz CT molecular complexity index is 1200. The molecule has 0 spiro atoms. The molecule has 0 amide bonds. The molecule has 10 heteroatoms. The summed E-state index contributed by atoms with van der Waals surface area (Å²) < 4.78 is 35.0. The van der Waals surface area contributed by atoms with Gasteiger partial charge in [-0.2, -0.15) is 4.98 Å². The van der Waals surface area contributed by atoms with Crippen molar-refractivity contribution in [1.82, 2.24) is 19.7 Å². The average Bonchev–Trinajstić information content (AvgIpc) is 3.18. The normalized spacial score (nSPS) is 14.6. The first-order chi connectivity index (χ1) is 16.9. The summed E-state index contributed by atoms with van der Waals surface area (Å²) in [5.41, 5.74) is 2.27. The first-order valence-corrected chi connectivity index (χ1v) is 13.6. The standard InChI is InChI=1S/C25H34N6O3S/c1-20-10-12-23(13-11-20)35(32,33)29-24-27-25(30(2)28-24)26-14-7-17-34-22-9-6-8-21(18-22)19-31-15-4-3-5-16-31/h6,8-13,18H,3-5,7,14-17,19H2,1-2H3,(H2,26,27,28,29). The molecule has 2 heterocycles. The maximum Gasteiger partial charge on any atom is 0.264 e. The number of nitrogens with zero attached hydrogens (tertiary/aromatic N) is 4. The number of likely N-dealkylation sites (tertiary alicyclic amines) is 1. The highest BCUT2D eigenvalue weighted by atomic mass is 32.2. The van der Waals surface area contributed by atoms with Crippen LogP contribution in [0, 0.1) is 6.92 Å². The van der Waals surface area contributed by atoms with Crippen molar-refractivity contribution < 1.29 is 13.2 Å². The molecule has 0 radical (unpaired) electrons. The van der Waals surface area contributed by atoms with E-state index >= 15 is 0 Å². The van der Waals surface area contributed by atoms with E-state index < -0.39 is 10.0 Å². The van der Waals surface area contributed by atoms with Crippen LogP contribution >= 0.6 is 0 Å². The van der Waals surface area contributed by atoms with E-state index in [-0.39, 0.29) is 10.8 Å². The minimum atomic E-state index is -3.75. The van der Waals surface area contributed by atoms with Crippen molar-refractivity contribution in [3.63, 3.8) is 0 Å². The summed E-state index contributed by atoms with van der Waals surface area (Å²) in [4.78, 5) is 6.94. The van der Waals surface area contributed by atoms with E-state index in [1.54, 1.807) is 31.3 Å². The number of sulfonamides is 1. The predicted molar refractivity (Wildman–Crippen MR) is 137 cm³/mol. The van der Waals surface area contributed by atoms with Crippen molar-refractivity contribution >= 4 is 21.9 Å². The Kier molecular flexibility index (Phi) is 8.25. The predicted octanol–water partition coefficient (Wildman–Crippen LogP) is 3.79. The fraction of sp³-hybridized carbons (Fsp3) is 0.440. The lowest BCUT2D eigenvalue weighted by Crippen LogP contribution is -2.29. The second-order valence-electron chi connectivity index (χ2n) is 8.91. The zero-order valence-corrected chi connectivity index (χ0v) is 21.2. The SMILES string of the molecule is Cc1ccc(S(=O)(=O)Nc2nc(NCCCOc3cccc(CN4CCCCC4)c3)n(C)n2)cc1. The van der Waals surface area contributed by atoms with Gasteiger partial charge in [-0.25, -0.2) is 17.8 Å². The first kappa shape index (κ1) is 25.0. The average molecular weight is 499 g/mol. The van der Waals surface area contributed by atoms with Gasteiger partial charge >= 0.3 is 0 Å². The van der Waals surface area contributed by atoms with E-state index in [2.05, 4.69) is 37.2 Å². The van der Waals surface area contributed by atoms with E-state index in [0.29, 0.717) is 19.1 Å². The van der Waals surface area contributed by atoms with Gasteiger partial charge in [-0.3, -0.25) is 4.90 Å². The lowest BCUT2D eigenvalue weighted by Gasteiger charge is -2.26. The van der Waals surface area contributed by atoms with Gasteiger partial charge in [0.1, 0.15) is 5.75 Å². The second kappa shape index (κ2) is 11.5. The van der Waals surface area contributed by atoms with Crippen LogP contribution in [-0.4, -0.2) is 54.3 Å². The summed E-state index contributed by atoms with van der Waals surface area (Å²) in [5, 5.41) is 7.35. The molecule has 3 aromatic rings. The topological polar surface area (TPSA) is 101 Å². The number of anilines is 2. The van der Waals surface area contributed by atoms with Gasteiger partial charge in [0, 0.05) is 20.1 Å². The highest BCUT2D eigenvalue weighted by Gasteiger charge is 2.17. The van der Waals surface area contributed by atoms with Crippen molar-refractivity contribution in [1.29, 1.82) is 0 Å². The van der Waals surface area contributed by atoms with Gasteiger partial charge in [-0.15, -0.1) is 5.10 Å². The fourth-order valence-electron chi connectivity index (χ4n) is 4.05. The summed E-state index contributed by atoms with van der Waals surface area (Å²) >= 11 is 0. The van der Waals surface area contributed by atoms with Crippen LogP contribution in [0.3, 0.4) is 0 Å². The van der Waals surface area contributed by atoms with E-state index in [4.69, 9.17) is 4.74 Å². The molecule has 0 atom stereocenters. The number of hydrogen-bond donors (Lipinski definition) is 2. The number of ether oxygens (including phenoxy) is 1. The molecule has 0 unspecified atom stereocenters. The highest BCUT2D eigenvalue weighted by molar-refractivity contribution is 7.92. The van der Waals surface area contributed by atoms with Gasteiger partial charge in [0.15, 0.2) is 0 Å². The molecular weight excluding hydrogens is 464 g/mol. The van der Waals surface area contributed by atoms with Gasteiger partial charge in [-0.1, -0.05) is 36.2 Å². The molecule has 9 nitrogen and oxygen atoms in total. The van der Waals surface area contributed by atoms with Gasteiger partial charge in [0.05, 0.1) is 11.5 Å². The maximum absolute atomic E-state index is 12.6. The minimum absolute atomic E-state index is 0.0253. The summed E-state index contributed by atoms with van der Waals surface area (Å²) in [6.07, 6.45) is 4.67. The number of aromatic nitrogens is 3. The number of nitrogens with one attached hydrogen (secondary N) is 2. The molecule has 1 saturated heterocycles. The van der Waals surface area contributed by atoms with Crippen molar-refractivity contribution in [2.75, 3.05) is 36.3 Å². The molecule has 2 N–H and O–H groups in total. The monoisotopic (exact) mass is 498 g/mol. The Labute approximate surface area is 207 Å². The molecule has 2 aromatic carbocycles. The van der Waals surface area contributed by atoms with E-state index in [0.717, 1.165) is 24.3 Å². The second-order valence-corrected chi connectivity index (χ2v) is 10.6. The van der Waals surface area contributed by atoms with Gasteiger partial charge in [0.25, 0.3) is 16.0 Å². The number of aryl methyl sites for hydroxylation is 2. The lowest BCUT2D eigenvalue weighted by molar-refractivity contribution is 0.220. The molecular formula is C25H34N6O3S. The van der Waals surface area contributed by atoms with Crippen LogP contribution < -0.4 is 14.8 Å². The molecule has 35 heavy (non-hydrogen) atoms. The van der Waals surface area contributed by atoms with Crippen molar-refractivity contribution in [3.8, 4) is 5.75 Å². The largest absolute Gasteiger partial charge is 0.494 e. The number of piperidine rings is 1. The number of rotatable bonds is 11. The molecule has 0 bridgehead atoms. The third-order valence-electron chi connectivity index (χ3n) is 5.95. The van der Waals surface area contributed by atoms with Crippen molar-refractivity contribution in [3.05, 3.63) is 59.7 Å². The van der Waals surface area contributed by atoms with Gasteiger partial charge in [0.2, 0.25) is 5.95 Å². The Morgan fingerprint density at radius 1 is 1.06 bits per heavy atom. The zero-order valence-electron chi connectivity index (χ0n) is 20.4. The van der Waals surface area contributed by atoms with Crippen LogP contribution in [0.5, 0.6) is 5.75 Å². The van der Waals surface area contributed by atoms with Gasteiger partial charge in [-0.05, 0) is 69.1 Å². The maximum atomic E-state index is 12.6. The molecule has 1 aliphatic rings. The Hall–Kier alpha value is -3.11. The molecule has 1 fully saturated rings. The summed E-state index contributed by atoms with van der Waals surface area (Å²) in [7, 11) is -2.03. The summed E-state index contributed by atoms with van der Waals surface area (Å²) in [6.45, 7) is 6.40. The fourth-order valence-corrected chi connectivity index (χ4v) is 4.99. The molecule has 4 rings (SSSR count). The smallest absolute Gasteiger partial charge is 0.264 e. The van der Waals surface area contributed by atoms with Crippen molar-refractivity contribution in [2.45, 2.75) is 44.0 Å². The number of benzene rings is 2. The molecule has 1 aromatic heterocycles. The Morgan fingerprint density at radius 3 is 2.60 bits per heavy atom. The molecule has 1 aliphatic heterocycles. The van der Waals surface area contributed by atoms with Crippen LogP contribution in [0.15, 0.2) is 53.4 Å². The third-order valence-corrected chi connectivity index (χ3v) is 7.29. The lowest BCUT2D eigenvalue weighted by atomic mass is 10.1. The van der Waals surface area contributed by atoms with Crippen LogP contribution in [0.25, 0.3) is 0 Å². The first-order valence-electron chi connectivity index (χ1n) is 12.1.